The molecule has 2 aliphatic rings. The zero-order chi connectivity index (χ0) is 21.0. The fraction of sp³-hybridized carbons (Fsp3) is 0.682. The Balaban J connectivity index is 1.63. The van der Waals surface area contributed by atoms with Crippen LogP contribution < -0.4 is 16.2 Å². The zero-order valence-electron chi connectivity index (χ0n) is 17.8. The van der Waals surface area contributed by atoms with Crippen LogP contribution in [0, 0.1) is 11.8 Å². The van der Waals surface area contributed by atoms with E-state index >= 15 is 0 Å². The second-order valence-corrected chi connectivity index (χ2v) is 8.77. The molecule has 160 valence electrons. The molecule has 0 aliphatic carbocycles. The van der Waals surface area contributed by atoms with E-state index in [1.807, 2.05) is 29.4 Å². The largest absolute Gasteiger partial charge is 0.354 e. The molecule has 3 heterocycles. The first-order valence-electron chi connectivity index (χ1n) is 10.9. The van der Waals surface area contributed by atoms with Crippen molar-refractivity contribution in [3.8, 4) is 0 Å². The van der Waals surface area contributed by atoms with Gasteiger partial charge in [-0.2, -0.15) is 0 Å². The summed E-state index contributed by atoms with van der Waals surface area (Å²) in [6, 6.07) is 4.66. The highest BCUT2D eigenvalue weighted by molar-refractivity contribution is 5.87. The van der Waals surface area contributed by atoms with Crippen LogP contribution >= 0.6 is 0 Å². The number of piperidine rings is 1. The van der Waals surface area contributed by atoms with E-state index in [9.17, 15) is 14.4 Å². The maximum absolute atomic E-state index is 13.0. The van der Waals surface area contributed by atoms with Crippen LogP contribution in [0.3, 0.4) is 0 Å². The fourth-order valence-electron chi connectivity index (χ4n) is 4.52. The smallest absolute Gasteiger partial charge is 0.318 e. The van der Waals surface area contributed by atoms with E-state index in [1.54, 1.807) is 12.1 Å². The number of likely N-dealkylation sites (tertiary alicyclic amines) is 1. The predicted octanol–water partition coefficient (Wildman–Crippen LogP) is 2.31. The highest BCUT2D eigenvalue weighted by Crippen LogP contribution is 2.34. The van der Waals surface area contributed by atoms with E-state index in [0.29, 0.717) is 26.2 Å². The molecule has 29 heavy (non-hydrogen) atoms. The maximum atomic E-state index is 13.0. The van der Waals surface area contributed by atoms with Crippen molar-refractivity contribution in [3.05, 3.63) is 34.2 Å². The lowest BCUT2D eigenvalue weighted by molar-refractivity contribution is -0.123. The lowest BCUT2D eigenvalue weighted by Crippen LogP contribution is -2.57. The van der Waals surface area contributed by atoms with Gasteiger partial charge in [-0.05, 0) is 30.7 Å². The van der Waals surface area contributed by atoms with Crippen molar-refractivity contribution in [2.24, 2.45) is 11.8 Å². The van der Waals surface area contributed by atoms with Gasteiger partial charge in [-0.25, -0.2) is 4.79 Å². The molecule has 1 saturated heterocycles. The predicted molar refractivity (Wildman–Crippen MR) is 113 cm³/mol. The highest BCUT2D eigenvalue weighted by atomic mass is 16.2. The number of rotatable bonds is 7. The Kier molecular flexibility index (Phi) is 6.98. The Bertz CT molecular complexity index is 789. The number of hydrogen-bond donors (Lipinski definition) is 2. The number of nitrogens with zero attached hydrogens (tertiary/aromatic N) is 2. The number of pyridine rings is 1. The van der Waals surface area contributed by atoms with Crippen molar-refractivity contribution >= 4 is 11.9 Å². The summed E-state index contributed by atoms with van der Waals surface area (Å²) in [5.74, 6) is 0.335. The molecule has 3 rings (SSSR count). The molecule has 1 fully saturated rings. The lowest BCUT2D eigenvalue weighted by atomic mass is 9.83. The van der Waals surface area contributed by atoms with Crippen LogP contribution in [0.25, 0.3) is 0 Å². The Morgan fingerprint density at radius 3 is 2.69 bits per heavy atom. The van der Waals surface area contributed by atoms with Crippen LogP contribution in [0.4, 0.5) is 4.79 Å². The molecule has 3 unspecified atom stereocenters. The Morgan fingerprint density at radius 1 is 1.17 bits per heavy atom. The van der Waals surface area contributed by atoms with Gasteiger partial charge in [0, 0.05) is 43.9 Å². The molecule has 7 nitrogen and oxygen atoms in total. The van der Waals surface area contributed by atoms with E-state index in [2.05, 4.69) is 17.6 Å². The van der Waals surface area contributed by atoms with Crippen LogP contribution in [0.1, 0.15) is 58.1 Å². The summed E-state index contributed by atoms with van der Waals surface area (Å²) in [4.78, 5) is 39.5. The van der Waals surface area contributed by atoms with Crippen LogP contribution in [0.15, 0.2) is 23.0 Å². The summed E-state index contributed by atoms with van der Waals surface area (Å²) in [6.07, 6.45) is 4.14. The van der Waals surface area contributed by atoms with E-state index in [1.165, 1.54) is 0 Å². The minimum Gasteiger partial charge on any atom is -0.354 e. The van der Waals surface area contributed by atoms with Gasteiger partial charge in [-0.1, -0.05) is 39.7 Å². The molecule has 2 aliphatic heterocycles. The first-order chi connectivity index (χ1) is 13.9. The molecule has 0 saturated carbocycles. The van der Waals surface area contributed by atoms with Gasteiger partial charge in [0.25, 0.3) is 5.56 Å². The van der Waals surface area contributed by atoms with E-state index in [4.69, 9.17) is 0 Å². The summed E-state index contributed by atoms with van der Waals surface area (Å²) in [5, 5.41) is 5.91. The van der Waals surface area contributed by atoms with Gasteiger partial charge in [0.1, 0.15) is 6.04 Å². The molecule has 3 atom stereocenters. The van der Waals surface area contributed by atoms with Crippen molar-refractivity contribution in [1.82, 2.24) is 20.1 Å². The summed E-state index contributed by atoms with van der Waals surface area (Å²) in [6.45, 7) is 8.52. The zero-order valence-corrected chi connectivity index (χ0v) is 17.8. The summed E-state index contributed by atoms with van der Waals surface area (Å²) in [7, 11) is 0. The molecule has 1 aromatic heterocycles. The molecule has 1 aromatic rings. The number of aromatic nitrogens is 1. The fourth-order valence-corrected chi connectivity index (χ4v) is 4.52. The van der Waals surface area contributed by atoms with Crippen LogP contribution in [0.5, 0.6) is 0 Å². The van der Waals surface area contributed by atoms with E-state index < -0.39 is 6.04 Å². The first-order valence-corrected chi connectivity index (χ1v) is 10.9. The van der Waals surface area contributed by atoms with Gasteiger partial charge in [0.05, 0.1) is 0 Å². The third-order valence-corrected chi connectivity index (χ3v) is 6.07. The van der Waals surface area contributed by atoms with Gasteiger partial charge in [-0.3, -0.25) is 9.59 Å². The molecular formula is C22H34N4O3. The maximum Gasteiger partial charge on any atom is 0.318 e. The monoisotopic (exact) mass is 402 g/mol. The van der Waals surface area contributed by atoms with Crippen LogP contribution in [0.2, 0.25) is 0 Å². The van der Waals surface area contributed by atoms with Crippen LogP contribution in [-0.4, -0.2) is 47.1 Å². The Hall–Kier alpha value is -2.31. The number of carbonyl (C=O) groups is 2. The van der Waals surface area contributed by atoms with Crippen molar-refractivity contribution < 1.29 is 9.59 Å². The van der Waals surface area contributed by atoms with E-state index in [0.717, 1.165) is 31.4 Å². The molecular weight excluding hydrogens is 368 g/mol. The van der Waals surface area contributed by atoms with Crippen molar-refractivity contribution in [3.63, 3.8) is 0 Å². The third kappa shape index (κ3) is 5.00. The highest BCUT2D eigenvalue weighted by Gasteiger charge is 2.37. The molecule has 0 spiro atoms. The minimum atomic E-state index is -0.541. The molecule has 7 heteroatoms. The van der Waals surface area contributed by atoms with Crippen molar-refractivity contribution in [1.29, 1.82) is 0 Å². The number of hydrogen-bond acceptors (Lipinski definition) is 3. The second kappa shape index (κ2) is 9.46. The normalized spacial score (nSPS) is 21.4. The molecule has 0 aromatic carbocycles. The van der Waals surface area contributed by atoms with Crippen LogP contribution in [-0.2, 0) is 11.3 Å². The average Bonchev–Trinajstić information content (AvgIpc) is 2.69. The SMILES string of the molecule is CCCCCNC(=O)C(NC(=O)N1CC2CC(C1)c1cccc(=O)n1C2)C(C)C. The number of fused-ring (bicyclic) bond motifs is 4. The molecule has 2 bridgehead atoms. The standard InChI is InChI=1S/C22H34N4O3/c1-4-5-6-10-23-21(28)20(15(2)3)24-22(29)25-12-16-11-17(14-25)18-8-7-9-19(27)26(18)13-16/h7-9,15-17,20H,4-6,10-14H2,1-3H3,(H,23,28)(H,24,29). The van der Waals surface area contributed by atoms with Crippen molar-refractivity contribution in [2.75, 3.05) is 19.6 Å². The number of nitrogens with one attached hydrogen (secondary N) is 2. The van der Waals surface area contributed by atoms with Gasteiger partial charge in [0.15, 0.2) is 0 Å². The quantitative estimate of drug-likeness (QED) is 0.687. The summed E-state index contributed by atoms with van der Waals surface area (Å²) >= 11 is 0. The lowest BCUT2D eigenvalue weighted by Gasteiger charge is -2.43. The average molecular weight is 403 g/mol. The number of unbranched alkanes of at least 4 members (excludes halogenated alkanes) is 2. The summed E-state index contributed by atoms with van der Waals surface area (Å²) in [5.41, 5.74) is 1.05. The van der Waals surface area contributed by atoms with Gasteiger partial charge in [-0.15, -0.1) is 0 Å². The Labute approximate surface area is 172 Å². The number of carbonyl (C=O) groups excluding carboxylic acids is 2. The minimum absolute atomic E-state index is 0.00807. The second-order valence-electron chi connectivity index (χ2n) is 8.77. The first kappa shape index (κ1) is 21.4. The summed E-state index contributed by atoms with van der Waals surface area (Å²) < 4.78 is 1.86. The van der Waals surface area contributed by atoms with E-state index in [-0.39, 0.29) is 35.3 Å². The van der Waals surface area contributed by atoms with Crippen molar-refractivity contribution in [2.45, 2.75) is 65.0 Å². The molecule has 0 radical (unpaired) electrons. The van der Waals surface area contributed by atoms with Gasteiger partial charge < -0.3 is 20.1 Å². The Morgan fingerprint density at radius 2 is 1.97 bits per heavy atom. The van der Waals surface area contributed by atoms with Gasteiger partial charge >= 0.3 is 6.03 Å². The number of amides is 3. The number of urea groups is 1. The topological polar surface area (TPSA) is 83.4 Å². The third-order valence-electron chi connectivity index (χ3n) is 6.07. The molecule has 3 amide bonds. The van der Waals surface area contributed by atoms with Gasteiger partial charge in [0.2, 0.25) is 5.91 Å². The molecule has 2 N–H and O–H groups in total.